The van der Waals surface area contributed by atoms with Gasteiger partial charge < -0.3 is 10.4 Å². The molecule has 2 N–H and O–H groups in total. The number of hydrogen-bond acceptors (Lipinski definition) is 3. The van der Waals surface area contributed by atoms with Crippen LogP contribution in [0.4, 0.5) is 0 Å². The molecule has 1 radical (unpaired) electrons. The lowest BCUT2D eigenvalue weighted by atomic mass is 10.3. The van der Waals surface area contributed by atoms with Crippen LogP contribution in [-0.4, -0.2) is 23.0 Å². The summed E-state index contributed by atoms with van der Waals surface area (Å²) >= 11 is 0. The minimum atomic E-state index is -0.265. The van der Waals surface area contributed by atoms with Crippen LogP contribution in [0.2, 0.25) is 0 Å². The van der Waals surface area contributed by atoms with Crippen molar-refractivity contribution in [2.24, 2.45) is 0 Å². The molecule has 1 amide bonds. The first-order valence-electron chi connectivity index (χ1n) is 3.44. The van der Waals surface area contributed by atoms with E-state index in [-0.39, 0.29) is 5.91 Å². The van der Waals surface area contributed by atoms with Gasteiger partial charge in [0.25, 0.3) is 5.91 Å². The van der Waals surface area contributed by atoms with Gasteiger partial charge in [-0.15, -0.1) is 0 Å². The first-order chi connectivity index (χ1) is 5.77. The second kappa shape index (κ2) is 3.82. The molecule has 0 saturated carbocycles. The third kappa shape index (κ3) is 1.79. The van der Waals surface area contributed by atoms with Gasteiger partial charge in [0, 0.05) is 7.05 Å². The molecule has 0 aliphatic carbocycles. The monoisotopic (exact) mass is 165 g/mol. The van der Waals surface area contributed by atoms with Crippen LogP contribution in [0.3, 0.4) is 0 Å². The molecule has 1 rings (SSSR count). The first kappa shape index (κ1) is 8.67. The third-order valence-electron chi connectivity index (χ3n) is 1.36. The van der Waals surface area contributed by atoms with E-state index in [1.807, 2.05) is 0 Å². The van der Waals surface area contributed by atoms with Gasteiger partial charge in [0.1, 0.15) is 12.3 Å². The van der Waals surface area contributed by atoms with Crippen LogP contribution in [0, 0.1) is 6.61 Å². The second-order valence-corrected chi connectivity index (χ2v) is 2.16. The summed E-state index contributed by atoms with van der Waals surface area (Å²) in [6.07, 6.45) is 0. The zero-order valence-electron chi connectivity index (χ0n) is 6.61. The molecule has 0 aliphatic heterocycles. The van der Waals surface area contributed by atoms with Gasteiger partial charge in [-0.1, -0.05) is 6.07 Å². The Morgan fingerprint density at radius 3 is 3.00 bits per heavy atom. The molecule has 63 valence electrons. The lowest BCUT2D eigenvalue weighted by molar-refractivity contribution is 0.0958. The Morgan fingerprint density at radius 1 is 1.67 bits per heavy atom. The summed E-state index contributed by atoms with van der Waals surface area (Å²) in [6, 6.07) is 4.83. The Hall–Kier alpha value is -1.42. The van der Waals surface area contributed by atoms with Crippen molar-refractivity contribution >= 4 is 5.91 Å². The number of rotatable bonds is 2. The smallest absolute Gasteiger partial charge is 0.269 e. The van der Waals surface area contributed by atoms with Crippen molar-refractivity contribution in [3.8, 4) is 0 Å². The summed E-state index contributed by atoms with van der Waals surface area (Å²) in [5.41, 5.74) is 0.663. The summed E-state index contributed by atoms with van der Waals surface area (Å²) in [5.74, 6) is -0.265. The summed E-state index contributed by atoms with van der Waals surface area (Å²) in [4.78, 5) is 14.9. The number of aromatic nitrogens is 1. The Labute approximate surface area is 70.3 Å². The molecule has 0 atom stereocenters. The SMILES string of the molecule is CNC(=O)c1cccc([CH]O)n1. The number of amides is 1. The van der Waals surface area contributed by atoms with E-state index in [1.165, 1.54) is 7.05 Å². The van der Waals surface area contributed by atoms with E-state index in [0.717, 1.165) is 6.61 Å². The van der Waals surface area contributed by atoms with Crippen LogP contribution in [0.15, 0.2) is 18.2 Å². The minimum absolute atomic E-state index is 0.265. The van der Waals surface area contributed by atoms with Gasteiger partial charge in [-0.05, 0) is 12.1 Å². The zero-order valence-corrected chi connectivity index (χ0v) is 6.61. The summed E-state index contributed by atoms with van der Waals surface area (Å²) < 4.78 is 0. The Kier molecular flexibility index (Phi) is 2.76. The fourth-order valence-corrected chi connectivity index (χ4v) is 0.778. The number of pyridine rings is 1. The van der Waals surface area contributed by atoms with Crippen molar-refractivity contribution < 1.29 is 9.90 Å². The maximum absolute atomic E-state index is 11.0. The number of nitrogens with one attached hydrogen (secondary N) is 1. The number of aliphatic hydroxyl groups is 1. The number of hydrogen-bond donors (Lipinski definition) is 2. The lowest BCUT2D eigenvalue weighted by Gasteiger charge is -1.99. The molecule has 0 bridgehead atoms. The molecule has 1 aromatic rings. The van der Waals surface area contributed by atoms with Gasteiger partial charge in [0.15, 0.2) is 0 Å². The van der Waals surface area contributed by atoms with E-state index in [0.29, 0.717) is 11.4 Å². The van der Waals surface area contributed by atoms with E-state index in [4.69, 9.17) is 5.11 Å². The highest BCUT2D eigenvalue weighted by Gasteiger charge is 2.04. The molecule has 0 spiro atoms. The lowest BCUT2D eigenvalue weighted by Crippen LogP contribution is -2.19. The van der Waals surface area contributed by atoms with E-state index < -0.39 is 0 Å². The maximum atomic E-state index is 11.0. The van der Waals surface area contributed by atoms with Gasteiger partial charge in [-0.2, -0.15) is 0 Å². The topological polar surface area (TPSA) is 62.2 Å². The number of nitrogens with zero attached hydrogens (tertiary/aromatic N) is 1. The molecular weight excluding hydrogens is 156 g/mol. The van der Waals surface area contributed by atoms with Crippen molar-refractivity contribution in [3.05, 3.63) is 36.2 Å². The van der Waals surface area contributed by atoms with Gasteiger partial charge in [0.2, 0.25) is 0 Å². The van der Waals surface area contributed by atoms with E-state index in [1.54, 1.807) is 18.2 Å². The molecule has 1 heterocycles. The Bertz CT molecular complexity index is 286. The highest BCUT2D eigenvalue weighted by molar-refractivity contribution is 5.91. The average molecular weight is 165 g/mol. The van der Waals surface area contributed by atoms with Crippen molar-refractivity contribution in [2.45, 2.75) is 0 Å². The molecule has 4 nitrogen and oxygen atoms in total. The van der Waals surface area contributed by atoms with Gasteiger partial charge >= 0.3 is 0 Å². The van der Waals surface area contributed by atoms with Crippen LogP contribution < -0.4 is 5.32 Å². The Morgan fingerprint density at radius 2 is 2.42 bits per heavy atom. The number of carbonyl (C=O) groups is 1. The molecular formula is C8H9N2O2. The molecule has 1 aromatic heterocycles. The predicted octanol–water partition coefficient (Wildman–Crippen LogP) is 0.324. The quantitative estimate of drug-likeness (QED) is 0.663. The minimum Gasteiger partial charge on any atom is -0.384 e. The first-order valence-corrected chi connectivity index (χ1v) is 3.44. The fourth-order valence-electron chi connectivity index (χ4n) is 0.778. The summed E-state index contributed by atoms with van der Waals surface area (Å²) in [5, 5.41) is 11.0. The molecule has 0 fully saturated rings. The van der Waals surface area contributed by atoms with Crippen LogP contribution in [0.1, 0.15) is 16.2 Å². The van der Waals surface area contributed by atoms with E-state index in [9.17, 15) is 4.79 Å². The van der Waals surface area contributed by atoms with Crippen LogP contribution in [0.5, 0.6) is 0 Å². The highest BCUT2D eigenvalue weighted by atomic mass is 16.3. The average Bonchev–Trinajstić information content (AvgIpc) is 2.17. The predicted molar refractivity (Wildman–Crippen MR) is 43.0 cm³/mol. The van der Waals surface area contributed by atoms with Gasteiger partial charge in [0.05, 0.1) is 5.69 Å². The normalized spacial score (nSPS) is 9.50. The largest absolute Gasteiger partial charge is 0.384 e. The summed E-state index contributed by atoms with van der Waals surface area (Å²) in [6.45, 7) is 0.854. The van der Waals surface area contributed by atoms with Crippen LogP contribution in [-0.2, 0) is 0 Å². The highest BCUT2D eigenvalue weighted by Crippen LogP contribution is 1.99. The van der Waals surface area contributed by atoms with Crippen molar-refractivity contribution in [2.75, 3.05) is 7.05 Å². The molecule has 0 aromatic carbocycles. The molecule has 0 saturated heterocycles. The van der Waals surface area contributed by atoms with Crippen LogP contribution >= 0.6 is 0 Å². The third-order valence-corrected chi connectivity index (χ3v) is 1.36. The Balaban J connectivity index is 2.93. The van der Waals surface area contributed by atoms with E-state index >= 15 is 0 Å². The molecule has 0 aliphatic rings. The number of aliphatic hydroxyl groups excluding tert-OH is 1. The van der Waals surface area contributed by atoms with E-state index in [2.05, 4.69) is 10.3 Å². The van der Waals surface area contributed by atoms with Crippen molar-refractivity contribution in [1.82, 2.24) is 10.3 Å². The van der Waals surface area contributed by atoms with Gasteiger partial charge in [-0.3, -0.25) is 4.79 Å². The fraction of sp³-hybridized carbons (Fsp3) is 0.125. The second-order valence-electron chi connectivity index (χ2n) is 2.16. The molecule has 4 heteroatoms. The zero-order chi connectivity index (χ0) is 8.97. The molecule has 0 unspecified atom stereocenters. The van der Waals surface area contributed by atoms with Crippen molar-refractivity contribution in [1.29, 1.82) is 0 Å². The van der Waals surface area contributed by atoms with Gasteiger partial charge in [-0.25, -0.2) is 4.98 Å². The summed E-state index contributed by atoms with van der Waals surface area (Å²) in [7, 11) is 1.53. The standard InChI is InChI=1S/C8H9N2O2/c1-9-8(12)7-4-2-3-6(5-11)10-7/h2-5,11H,1H3,(H,9,12). The maximum Gasteiger partial charge on any atom is 0.269 e. The van der Waals surface area contributed by atoms with Crippen molar-refractivity contribution in [3.63, 3.8) is 0 Å². The van der Waals surface area contributed by atoms with Crippen LogP contribution in [0.25, 0.3) is 0 Å². The molecule has 12 heavy (non-hydrogen) atoms. The number of carbonyl (C=O) groups excluding carboxylic acids is 1.